The number of rotatable bonds is 9. The molecule has 230 valence electrons. The summed E-state index contributed by atoms with van der Waals surface area (Å²) in [7, 11) is 0. The quantitative estimate of drug-likeness (QED) is 0.245. The van der Waals surface area contributed by atoms with Crippen molar-refractivity contribution in [2.24, 2.45) is 5.41 Å². The first-order valence-corrected chi connectivity index (χ1v) is 16.1. The predicted octanol–water partition coefficient (Wildman–Crippen LogP) is 8.57. The van der Waals surface area contributed by atoms with Crippen LogP contribution in [0.3, 0.4) is 0 Å². The first-order valence-electron chi connectivity index (χ1n) is 14.9. The molecule has 3 aromatic rings. The number of hydrogen-bond acceptors (Lipinski definition) is 5. The van der Waals surface area contributed by atoms with Crippen molar-refractivity contribution in [3.8, 4) is 5.75 Å². The summed E-state index contributed by atoms with van der Waals surface area (Å²) in [4.78, 5) is 15.8. The smallest absolute Gasteiger partial charge is 0.410 e. The van der Waals surface area contributed by atoms with Crippen molar-refractivity contribution >= 4 is 40.4 Å². The lowest BCUT2D eigenvalue weighted by molar-refractivity contribution is 0.0187. The second-order valence-corrected chi connectivity index (χ2v) is 16.4. The first-order chi connectivity index (χ1) is 19.5. The molecule has 1 atom stereocenters. The monoisotopic (exact) mass is 614 g/mol. The van der Waals surface area contributed by atoms with Crippen molar-refractivity contribution in [2.45, 2.75) is 102 Å². The van der Waals surface area contributed by atoms with Crippen LogP contribution in [0.2, 0.25) is 5.02 Å². The Morgan fingerprint density at radius 1 is 1.05 bits per heavy atom. The molecule has 42 heavy (non-hydrogen) atoms. The van der Waals surface area contributed by atoms with Gasteiger partial charge < -0.3 is 24.0 Å². The average molecular weight is 615 g/mol. The maximum Gasteiger partial charge on any atom is 0.410 e. The fourth-order valence-electron chi connectivity index (χ4n) is 5.27. The van der Waals surface area contributed by atoms with Gasteiger partial charge in [-0.3, -0.25) is 0 Å². The van der Waals surface area contributed by atoms with Gasteiger partial charge in [0.05, 0.1) is 6.04 Å². The number of thioether (sulfide) groups is 1. The van der Waals surface area contributed by atoms with Crippen molar-refractivity contribution in [2.75, 3.05) is 19.8 Å². The zero-order valence-corrected chi connectivity index (χ0v) is 28.0. The highest BCUT2D eigenvalue weighted by molar-refractivity contribution is 8.00. The highest BCUT2D eigenvalue weighted by atomic mass is 35.5. The minimum absolute atomic E-state index is 0.0191. The van der Waals surface area contributed by atoms with E-state index in [4.69, 9.17) is 21.1 Å². The molecule has 0 aliphatic carbocycles. The van der Waals surface area contributed by atoms with Gasteiger partial charge >= 0.3 is 6.09 Å². The van der Waals surface area contributed by atoms with Crippen LogP contribution < -0.4 is 4.74 Å². The second-order valence-electron chi connectivity index (χ2n) is 14.2. The van der Waals surface area contributed by atoms with Crippen molar-refractivity contribution < 1.29 is 19.4 Å². The SMILES string of the molecule is CC(C)(CO)Cc1c(SC(C)(C)C)c2cc(OC[C@@H]3CCCN3C(=O)OC(C)(C)C)ccc2n1Cc1ccc(Cl)cc1. The van der Waals surface area contributed by atoms with Gasteiger partial charge in [0.1, 0.15) is 18.0 Å². The van der Waals surface area contributed by atoms with Crippen molar-refractivity contribution in [1.29, 1.82) is 0 Å². The molecular weight excluding hydrogens is 568 g/mol. The van der Waals surface area contributed by atoms with Crippen LogP contribution in [-0.4, -0.2) is 56.8 Å². The third-order valence-corrected chi connectivity index (χ3v) is 8.80. The van der Waals surface area contributed by atoms with Gasteiger partial charge in [-0.15, -0.1) is 11.8 Å². The summed E-state index contributed by atoms with van der Waals surface area (Å²) in [6.07, 6.45) is 2.29. The molecule has 1 aliphatic heterocycles. The molecule has 0 bridgehead atoms. The van der Waals surface area contributed by atoms with Crippen LogP contribution in [-0.2, 0) is 17.7 Å². The van der Waals surface area contributed by atoms with E-state index in [0.717, 1.165) is 46.5 Å². The number of carbonyl (C=O) groups excluding carboxylic acids is 1. The molecule has 1 aromatic heterocycles. The molecule has 0 unspecified atom stereocenters. The van der Waals surface area contributed by atoms with Crippen molar-refractivity contribution in [3.05, 3.63) is 58.7 Å². The standard InChI is InChI=1S/C34H47ClN2O4S/c1-32(2,3)41-31(39)36-17-9-10-25(36)21-40-26-15-16-28-27(18-26)30(42-33(4,5)6)29(19-34(7,8)22-38)37(28)20-23-11-13-24(35)14-12-23/h11-16,18,25,38H,9-10,17,19-22H2,1-8H3/t25-/m0/s1. The van der Waals surface area contributed by atoms with Crippen LogP contribution in [0.15, 0.2) is 47.4 Å². The predicted molar refractivity (Wildman–Crippen MR) is 174 cm³/mol. The summed E-state index contributed by atoms with van der Waals surface area (Å²) in [5.41, 5.74) is 2.69. The van der Waals surface area contributed by atoms with Gasteiger partial charge in [-0.1, -0.05) is 58.4 Å². The maximum absolute atomic E-state index is 12.8. The number of amides is 1. The van der Waals surface area contributed by atoms with E-state index in [9.17, 15) is 9.90 Å². The molecule has 2 aromatic carbocycles. The number of hydrogen-bond donors (Lipinski definition) is 1. The van der Waals surface area contributed by atoms with Crippen molar-refractivity contribution in [1.82, 2.24) is 9.47 Å². The van der Waals surface area contributed by atoms with Gasteiger partial charge in [0, 0.05) is 51.0 Å². The summed E-state index contributed by atoms with van der Waals surface area (Å²) in [5.74, 6) is 0.783. The number of aliphatic hydroxyl groups excluding tert-OH is 1. The van der Waals surface area contributed by atoms with E-state index in [1.807, 2.05) is 55.6 Å². The number of aliphatic hydroxyl groups is 1. The number of likely N-dealkylation sites (tertiary alicyclic amines) is 1. The maximum atomic E-state index is 12.8. The zero-order chi connectivity index (χ0) is 30.9. The highest BCUT2D eigenvalue weighted by Gasteiger charge is 2.33. The number of benzene rings is 2. The van der Waals surface area contributed by atoms with Gasteiger partial charge in [-0.25, -0.2) is 4.79 Å². The molecule has 0 saturated carbocycles. The Bertz CT molecular complexity index is 1390. The Morgan fingerprint density at radius 3 is 2.36 bits per heavy atom. The lowest BCUT2D eigenvalue weighted by Crippen LogP contribution is -2.42. The van der Waals surface area contributed by atoms with Gasteiger partial charge in [0.2, 0.25) is 0 Å². The van der Waals surface area contributed by atoms with Crippen LogP contribution in [0.4, 0.5) is 4.79 Å². The van der Waals surface area contributed by atoms with E-state index in [2.05, 4.69) is 63.5 Å². The van der Waals surface area contributed by atoms with Crippen LogP contribution in [0.25, 0.3) is 10.9 Å². The molecule has 1 saturated heterocycles. The number of fused-ring (bicyclic) bond motifs is 1. The molecule has 1 aliphatic rings. The Morgan fingerprint density at radius 2 is 1.74 bits per heavy atom. The Kier molecular flexibility index (Phi) is 9.86. The van der Waals surface area contributed by atoms with E-state index in [1.165, 1.54) is 10.6 Å². The fourth-order valence-corrected chi connectivity index (χ4v) is 6.58. The van der Waals surface area contributed by atoms with Gasteiger partial charge in [-0.05, 0) is 81.3 Å². The topological polar surface area (TPSA) is 63.9 Å². The first kappa shape index (κ1) is 32.6. The number of halogens is 1. The van der Waals surface area contributed by atoms with Gasteiger partial charge in [0.25, 0.3) is 0 Å². The summed E-state index contributed by atoms with van der Waals surface area (Å²) < 4.78 is 14.4. The summed E-state index contributed by atoms with van der Waals surface area (Å²) in [6, 6.07) is 14.3. The molecule has 0 radical (unpaired) electrons. The highest BCUT2D eigenvalue weighted by Crippen LogP contribution is 2.44. The molecular formula is C34H47ClN2O4S. The Labute approximate surface area is 260 Å². The number of ether oxygens (including phenoxy) is 2. The number of aromatic nitrogens is 1. The lowest BCUT2D eigenvalue weighted by Gasteiger charge is -2.28. The summed E-state index contributed by atoms with van der Waals surface area (Å²) in [6.45, 7) is 18.5. The van der Waals surface area contributed by atoms with E-state index in [-0.39, 0.29) is 28.9 Å². The minimum Gasteiger partial charge on any atom is -0.491 e. The van der Waals surface area contributed by atoms with E-state index >= 15 is 0 Å². The van der Waals surface area contributed by atoms with Crippen LogP contribution in [0, 0.1) is 5.41 Å². The Balaban J connectivity index is 1.71. The minimum atomic E-state index is -0.529. The third-order valence-electron chi connectivity index (χ3n) is 7.28. The fraction of sp³-hybridized carbons (Fsp3) is 0.559. The number of nitrogens with zero attached hydrogens (tertiary/aromatic N) is 2. The number of carbonyl (C=O) groups is 1. The largest absolute Gasteiger partial charge is 0.491 e. The molecule has 1 amide bonds. The van der Waals surface area contributed by atoms with Crippen molar-refractivity contribution in [3.63, 3.8) is 0 Å². The molecule has 1 fully saturated rings. The van der Waals surface area contributed by atoms with Crippen LogP contribution >= 0.6 is 23.4 Å². The molecule has 1 N–H and O–H groups in total. The second kappa shape index (κ2) is 12.7. The average Bonchev–Trinajstić information content (AvgIpc) is 3.46. The third kappa shape index (κ3) is 8.39. The zero-order valence-electron chi connectivity index (χ0n) is 26.4. The molecule has 2 heterocycles. The lowest BCUT2D eigenvalue weighted by atomic mass is 9.89. The van der Waals surface area contributed by atoms with Crippen LogP contribution in [0.1, 0.15) is 79.5 Å². The Hall–Kier alpha value is -2.35. The molecule has 6 nitrogen and oxygen atoms in total. The summed E-state index contributed by atoms with van der Waals surface area (Å²) in [5, 5.41) is 12.1. The molecule has 4 rings (SSSR count). The van der Waals surface area contributed by atoms with E-state index < -0.39 is 5.60 Å². The van der Waals surface area contributed by atoms with E-state index in [1.54, 1.807) is 0 Å². The molecule has 8 heteroatoms. The summed E-state index contributed by atoms with van der Waals surface area (Å²) >= 11 is 8.05. The normalized spacial score (nSPS) is 16.3. The molecule has 0 spiro atoms. The van der Waals surface area contributed by atoms with E-state index in [0.29, 0.717) is 19.7 Å². The van der Waals surface area contributed by atoms with Gasteiger partial charge in [0.15, 0.2) is 0 Å². The van der Waals surface area contributed by atoms with Gasteiger partial charge in [-0.2, -0.15) is 0 Å². The van der Waals surface area contributed by atoms with Crippen LogP contribution in [0.5, 0.6) is 5.75 Å².